The topological polar surface area (TPSA) is 12.0 Å². The quantitative estimate of drug-likeness (QED) is 0.809. The second-order valence-corrected chi connectivity index (χ2v) is 3.70. The van der Waals surface area contributed by atoms with E-state index in [2.05, 4.69) is 35.0 Å². The van der Waals surface area contributed by atoms with Crippen LogP contribution in [0.15, 0.2) is 29.6 Å². The summed E-state index contributed by atoms with van der Waals surface area (Å²) in [5.74, 6) is 0. The van der Waals surface area contributed by atoms with E-state index in [1.807, 2.05) is 18.4 Å². The van der Waals surface area contributed by atoms with Gasteiger partial charge in [-0.05, 0) is 29.4 Å². The van der Waals surface area contributed by atoms with Crippen molar-refractivity contribution >= 4 is 33.8 Å². The number of thiophene rings is 1. The van der Waals surface area contributed by atoms with Crippen molar-refractivity contribution in [3.05, 3.63) is 35.2 Å². The van der Waals surface area contributed by atoms with Crippen LogP contribution in [0.25, 0.3) is 10.1 Å². The molecule has 0 saturated heterocycles. The van der Waals surface area contributed by atoms with E-state index in [1.165, 1.54) is 15.6 Å². The smallest absolute Gasteiger partial charge is 0.0346 e. The predicted octanol–water partition coefficient (Wildman–Crippen LogP) is 3.04. The molecule has 0 aliphatic carbocycles. The number of hydrogen-bond acceptors (Lipinski definition) is 2. The van der Waals surface area contributed by atoms with Gasteiger partial charge in [-0.15, -0.1) is 23.7 Å². The lowest BCUT2D eigenvalue weighted by molar-refractivity contribution is 0.826. The van der Waals surface area contributed by atoms with Gasteiger partial charge in [0.05, 0.1) is 0 Å². The van der Waals surface area contributed by atoms with E-state index in [1.54, 1.807) is 0 Å². The van der Waals surface area contributed by atoms with Crippen molar-refractivity contribution in [2.24, 2.45) is 0 Å². The summed E-state index contributed by atoms with van der Waals surface area (Å²) in [5, 5.41) is 6.78. The Balaban J connectivity index is 0.000000845. The predicted molar refractivity (Wildman–Crippen MR) is 61.8 cm³/mol. The SMILES string of the molecule is CNCc1csc2ccccc12.Cl. The molecule has 70 valence electrons. The number of nitrogens with one attached hydrogen (secondary N) is 1. The Kier molecular flexibility index (Phi) is 3.72. The average molecular weight is 214 g/mol. The van der Waals surface area contributed by atoms with E-state index in [9.17, 15) is 0 Å². The van der Waals surface area contributed by atoms with E-state index < -0.39 is 0 Å². The zero-order chi connectivity index (χ0) is 8.39. The van der Waals surface area contributed by atoms with Crippen molar-refractivity contribution < 1.29 is 0 Å². The maximum Gasteiger partial charge on any atom is 0.0346 e. The second-order valence-electron chi connectivity index (χ2n) is 2.79. The van der Waals surface area contributed by atoms with Crippen LogP contribution in [0.1, 0.15) is 5.56 Å². The molecule has 13 heavy (non-hydrogen) atoms. The number of benzene rings is 1. The van der Waals surface area contributed by atoms with Gasteiger partial charge in [0.15, 0.2) is 0 Å². The first-order valence-electron chi connectivity index (χ1n) is 4.01. The second kappa shape index (κ2) is 4.61. The van der Waals surface area contributed by atoms with E-state index >= 15 is 0 Å². The molecular formula is C10H12ClNS. The molecule has 1 nitrogen and oxygen atoms in total. The number of hydrogen-bond donors (Lipinski definition) is 1. The van der Waals surface area contributed by atoms with Crippen LogP contribution in [0.5, 0.6) is 0 Å². The molecule has 2 aromatic rings. The van der Waals surface area contributed by atoms with E-state index in [0.717, 1.165) is 6.54 Å². The van der Waals surface area contributed by atoms with E-state index in [-0.39, 0.29) is 12.4 Å². The molecule has 0 radical (unpaired) electrons. The highest BCUT2D eigenvalue weighted by atomic mass is 35.5. The Labute approximate surface area is 88.2 Å². The van der Waals surface area contributed by atoms with Crippen LogP contribution < -0.4 is 5.32 Å². The van der Waals surface area contributed by atoms with Crippen molar-refractivity contribution in [2.45, 2.75) is 6.54 Å². The van der Waals surface area contributed by atoms with Crippen LogP contribution in [0.4, 0.5) is 0 Å². The maximum atomic E-state index is 3.17. The van der Waals surface area contributed by atoms with Crippen LogP contribution in [0, 0.1) is 0 Å². The molecule has 0 unspecified atom stereocenters. The third-order valence-corrected chi connectivity index (χ3v) is 2.94. The lowest BCUT2D eigenvalue weighted by Gasteiger charge is -1.95. The van der Waals surface area contributed by atoms with Gasteiger partial charge in [0.25, 0.3) is 0 Å². The Morgan fingerprint density at radius 3 is 2.85 bits per heavy atom. The van der Waals surface area contributed by atoms with Crippen LogP contribution in [-0.4, -0.2) is 7.05 Å². The molecule has 0 aliphatic heterocycles. The minimum absolute atomic E-state index is 0. The fraction of sp³-hybridized carbons (Fsp3) is 0.200. The fourth-order valence-electron chi connectivity index (χ4n) is 1.36. The van der Waals surface area contributed by atoms with Gasteiger partial charge >= 0.3 is 0 Å². The molecule has 1 aromatic heterocycles. The first-order valence-corrected chi connectivity index (χ1v) is 4.89. The summed E-state index contributed by atoms with van der Waals surface area (Å²) < 4.78 is 1.38. The Bertz CT molecular complexity index is 383. The molecule has 0 spiro atoms. The summed E-state index contributed by atoms with van der Waals surface area (Å²) >= 11 is 1.81. The number of fused-ring (bicyclic) bond motifs is 1. The van der Waals surface area contributed by atoms with Gasteiger partial charge in [-0.2, -0.15) is 0 Å². The van der Waals surface area contributed by atoms with Crippen LogP contribution >= 0.6 is 23.7 Å². The fourth-order valence-corrected chi connectivity index (χ4v) is 2.32. The Morgan fingerprint density at radius 1 is 1.31 bits per heavy atom. The van der Waals surface area contributed by atoms with Crippen molar-refractivity contribution in [1.29, 1.82) is 0 Å². The van der Waals surface area contributed by atoms with Crippen LogP contribution in [0.3, 0.4) is 0 Å². The van der Waals surface area contributed by atoms with Gasteiger partial charge in [-0.25, -0.2) is 0 Å². The summed E-state index contributed by atoms with van der Waals surface area (Å²) in [5.41, 5.74) is 1.40. The van der Waals surface area contributed by atoms with Crippen molar-refractivity contribution in [2.75, 3.05) is 7.05 Å². The van der Waals surface area contributed by atoms with Crippen molar-refractivity contribution in [3.63, 3.8) is 0 Å². The van der Waals surface area contributed by atoms with Gasteiger partial charge in [0.2, 0.25) is 0 Å². The molecule has 1 N–H and O–H groups in total. The molecule has 1 aromatic carbocycles. The molecule has 1 heterocycles. The standard InChI is InChI=1S/C10H11NS.ClH/c1-11-6-8-7-12-10-5-3-2-4-9(8)10;/h2-5,7,11H,6H2,1H3;1H. The van der Waals surface area contributed by atoms with Gasteiger partial charge in [-0.3, -0.25) is 0 Å². The van der Waals surface area contributed by atoms with Gasteiger partial charge in [0, 0.05) is 11.2 Å². The Morgan fingerprint density at radius 2 is 2.08 bits per heavy atom. The highest BCUT2D eigenvalue weighted by Crippen LogP contribution is 2.25. The minimum atomic E-state index is 0. The monoisotopic (exact) mass is 213 g/mol. The van der Waals surface area contributed by atoms with Gasteiger partial charge in [0.1, 0.15) is 0 Å². The Hall–Kier alpha value is -0.570. The molecule has 0 atom stereocenters. The lowest BCUT2D eigenvalue weighted by atomic mass is 10.2. The molecule has 0 bridgehead atoms. The molecule has 0 fully saturated rings. The molecular weight excluding hydrogens is 202 g/mol. The zero-order valence-electron chi connectivity index (χ0n) is 7.41. The first kappa shape index (κ1) is 10.5. The largest absolute Gasteiger partial charge is 0.316 e. The first-order chi connectivity index (χ1) is 5.92. The van der Waals surface area contributed by atoms with Gasteiger partial charge < -0.3 is 5.32 Å². The highest BCUT2D eigenvalue weighted by molar-refractivity contribution is 7.17. The van der Waals surface area contributed by atoms with Gasteiger partial charge in [-0.1, -0.05) is 18.2 Å². The average Bonchev–Trinajstić information content (AvgIpc) is 2.50. The highest BCUT2D eigenvalue weighted by Gasteiger charge is 2.00. The summed E-state index contributed by atoms with van der Waals surface area (Å²) in [6.07, 6.45) is 0. The van der Waals surface area contributed by atoms with Crippen LogP contribution in [0.2, 0.25) is 0 Å². The normalized spacial score (nSPS) is 9.92. The molecule has 0 amide bonds. The summed E-state index contributed by atoms with van der Waals surface area (Å²) in [7, 11) is 1.98. The summed E-state index contributed by atoms with van der Waals surface area (Å²) in [4.78, 5) is 0. The molecule has 3 heteroatoms. The van der Waals surface area contributed by atoms with Crippen LogP contribution in [-0.2, 0) is 6.54 Å². The third kappa shape index (κ3) is 2.02. The minimum Gasteiger partial charge on any atom is -0.316 e. The summed E-state index contributed by atoms with van der Waals surface area (Å²) in [6.45, 7) is 0.962. The summed E-state index contributed by atoms with van der Waals surface area (Å²) in [6, 6.07) is 8.52. The number of halogens is 1. The zero-order valence-corrected chi connectivity index (χ0v) is 9.04. The maximum absolute atomic E-state index is 3.17. The molecule has 0 aliphatic rings. The van der Waals surface area contributed by atoms with E-state index in [4.69, 9.17) is 0 Å². The van der Waals surface area contributed by atoms with Crippen molar-refractivity contribution in [3.8, 4) is 0 Å². The molecule has 2 rings (SSSR count). The van der Waals surface area contributed by atoms with Crippen molar-refractivity contribution in [1.82, 2.24) is 5.32 Å². The third-order valence-electron chi connectivity index (χ3n) is 1.93. The van der Waals surface area contributed by atoms with E-state index in [0.29, 0.717) is 0 Å². The number of rotatable bonds is 2. The lowest BCUT2D eigenvalue weighted by Crippen LogP contribution is -2.03. The molecule has 0 saturated carbocycles.